The Morgan fingerprint density at radius 3 is 2.82 bits per heavy atom. The number of oxazole rings is 1. The van der Waals surface area contributed by atoms with Crippen LogP contribution in [0, 0.1) is 11.7 Å². The maximum atomic E-state index is 13.7. The molecular formula is C21H22FN3O3. The van der Waals surface area contributed by atoms with Gasteiger partial charge in [0, 0.05) is 0 Å². The average Bonchev–Trinajstić information content (AvgIpc) is 3.21. The van der Waals surface area contributed by atoms with Gasteiger partial charge in [0.25, 0.3) is 5.56 Å². The van der Waals surface area contributed by atoms with Gasteiger partial charge in [-0.05, 0) is 30.5 Å². The zero-order valence-corrected chi connectivity index (χ0v) is 15.5. The van der Waals surface area contributed by atoms with E-state index in [1.54, 1.807) is 0 Å². The molecule has 3 aromatic rings. The number of hydrogen-bond acceptors (Lipinski definition) is 5. The van der Waals surface area contributed by atoms with Crippen molar-refractivity contribution < 1.29 is 13.6 Å². The molecule has 0 saturated heterocycles. The molecule has 2 heterocycles. The Hall–Kier alpha value is -2.83. The Morgan fingerprint density at radius 1 is 1.25 bits per heavy atom. The van der Waals surface area contributed by atoms with Crippen LogP contribution in [0.1, 0.15) is 50.5 Å². The van der Waals surface area contributed by atoms with Crippen molar-refractivity contribution in [3.05, 3.63) is 59.0 Å². The third-order valence-electron chi connectivity index (χ3n) is 5.54. The van der Waals surface area contributed by atoms with Gasteiger partial charge in [0.1, 0.15) is 12.1 Å². The predicted molar refractivity (Wildman–Crippen MR) is 101 cm³/mol. The summed E-state index contributed by atoms with van der Waals surface area (Å²) in [6.45, 7) is 0. The minimum atomic E-state index is -0.664. The van der Waals surface area contributed by atoms with Crippen molar-refractivity contribution in [2.45, 2.75) is 51.0 Å². The average molecular weight is 383 g/mol. The molecule has 1 saturated carbocycles. The van der Waals surface area contributed by atoms with E-state index in [-0.39, 0.29) is 17.6 Å². The van der Waals surface area contributed by atoms with Crippen LogP contribution in [0.15, 0.2) is 46.2 Å². The molecule has 0 amide bonds. The molecule has 1 aliphatic carbocycles. The molecule has 1 atom stereocenters. The van der Waals surface area contributed by atoms with Gasteiger partial charge in [0.2, 0.25) is 5.89 Å². The van der Waals surface area contributed by atoms with Crippen LogP contribution < -0.4 is 5.56 Å². The fourth-order valence-corrected chi connectivity index (χ4v) is 4.08. The van der Waals surface area contributed by atoms with Crippen molar-refractivity contribution in [3.8, 4) is 0 Å². The normalized spacial score (nSPS) is 16.3. The van der Waals surface area contributed by atoms with Gasteiger partial charge in [-0.2, -0.15) is 0 Å². The lowest BCUT2D eigenvalue weighted by Gasteiger charge is -2.27. The van der Waals surface area contributed by atoms with E-state index in [9.17, 15) is 14.0 Å². The first kappa shape index (κ1) is 18.5. The number of fused-ring (bicyclic) bond motifs is 1. The van der Waals surface area contributed by atoms with Crippen molar-refractivity contribution in [2.24, 2.45) is 5.92 Å². The zero-order chi connectivity index (χ0) is 19.5. The van der Waals surface area contributed by atoms with E-state index < -0.39 is 17.4 Å². The predicted octanol–water partition coefficient (Wildman–Crippen LogP) is 3.85. The Kier molecular flexibility index (Phi) is 5.32. The molecular weight excluding hydrogens is 361 g/mol. The minimum Gasteiger partial charge on any atom is -0.449 e. The molecule has 0 aliphatic heterocycles. The highest BCUT2D eigenvalue weighted by Gasteiger charge is 2.28. The molecule has 146 valence electrons. The quantitative estimate of drug-likeness (QED) is 0.646. The lowest BCUT2D eigenvalue weighted by molar-refractivity contribution is -0.122. The van der Waals surface area contributed by atoms with E-state index in [2.05, 4.69) is 9.97 Å². The van der Waals surface area contributed by atoms with Gasteiger partial charge in [-0.1, -0.05) is 32.1 Å². The summed E-state index contributed by atoms with van der Waals surface area (Å²) in [5, 5.41) is 0.181. The molecule has 0 radical (unpaired) electrons. The largest absolute Gasteiger partial charge is 0.449 e. The SMILES string of the molecule is O=C(Cc1ncco1)C(CC1CCCCC1)n1cnc2ccc(F)cc2c1=O. The van der Waals surface area contributed by atoms with Gasteiger partial charge in [0.15, 0.2) is 5.78 Å². The van der Waals surface area contributed by atoms with Gasteiger partial charge in [-0.25, -0.2) is 14.4 Å². The van der Waals surface area contributed by atoms with Crippen LogP contribution in [0.25, 0.3) is 10.9 Å². The molecule has 28 heavy (non-hydrogen) atoms. The molecule has 1 aromatic carbocycles. The smallest absolute Gasteiger partial charge is 0.261 e. The van der Waals surface area contributed by atoms with Crippen LogP contribution in [-0.4, -0.2) is 20.3 Å². The van der Waals surface area contributed by atoms with Crippen LogP contribution in [-0.2, 0) is 11.2 Å². The van der Waals surface area contributed by atoms with Crippen LogP contribution in [0.4, 0.5) is 4.39 Å². The number of rotatable bonds is 6. The highest BCUT2D eigenvalue weighted by atomic mass is 19.1. The molecule has 7 heteroatoms. The first-order chi connectivity index (χ1) is 13.6. The number of ketones is 1. The van der Waals surface area contributed by atoms with E-state index in [0.717, 1.165) is 25.7 Å². The lowest BCUT2D eigenvalue weighted by atomic mass is 9.83. The maximum absolute atomic E-state index is 13.7. The van der Waals surface area contributed by atoms with E-state index in [4.69, 9.17) is 4.42 Å². The van der Waals surface area contributed by atoms with E-state index >= 15 is 0 Å². The zero-order valence-electron chi connectivity index (χ0n) is 15.5. The third-order valence-corrected chi connectivity index (χ3v) is 5.54. The molecule has 1 aliphatic rings. The Labute approximate surface area is 161 Å². The summed E-state index contributed by atoms with van der Waals surface area (Å²) in [7, 11) is 0. The van der Waals surface area contributed by atoms with Gasteiger partial charge < -0.3 is 4.42 Å². The topological polar surface area (TPSA) is 78.0 Å². The summed E-state index contributed by atoms with van der Waals surface area (Å²) >= 11 is 0. The van der Waals surface area contributed by atoms with Gasteiger partial charge in [0.05, 0.1) is 35.9 Å². The standard InChI is InChI=1S/C21H22FN3O3/c22-15-6-7-17-16(11-15)21(27)25(13-24-17)18(10-14-4-2-1-3-5-14)19(26)12-20-23-8-9-28-20/h6-9,11,13-14,18H,1-5,10,12H2. The summed E-state index contributed by atoms with van der Waals surface area (Å²) < 4.78 is 20.2. The summed E-state index contributed by atoms with van der Waals surface area (Å²) in [4.78, 5) is 34.4. The highest BCUT2D eigenvalue weighted by Crippen LogP contribution is 2.31. The number of aromatic nitrogens is 3. The van der Waals surface area contributed by atoms with Crippen molar-refractivity contribution in [3.63, 3.8) is 0 Å². The lowest BCUT2D eigenvalue weighted by Crippen LogP contribution is -2.33. The van der Waals surface area contributed by atoms with Crippen LogP contribution in [0.5, 0.6) is 0 Å². The summed E-state index contributed by atoms with van der Waals surface area (Å²) in [5.41, 5.74) is 0.0188. The molecule has 4 rings (SSSR count). The van der Waals surface area contributed by atoms with Crippen LogP contribution in [0.2, 0.25) is 0 Å². The maximum Gasteiger partial charge on any atom is 0.261 e. The number of benzene rings is 1. The summed E-state index contributed by atoms with van der Waals surface area (Å²) in [6.07, 6.45) is 10.5. The van der Waals surface area contributed by atoms with Crippen molar-refractivity contribution in [2.75, 3.05) is 0 Å². The number of hydrogen-bond donors (Lipinski definition) is 0. The number of carbonyl (C=O) groups is 1. The Morgan fingerprint density at radius 2 is 2.07 bits per heavy atom. The first-order valence-electron chi connectivity index (χ1n) is 9.69. The summed E-state index contributed by atoms with van der Waals surface area (Å²) in [6, 6.07) is 3.26. The third kappa shape index (κ3) is 3.88. The Balaban J connectivity index is 1.71. The highest BCUT2D eigenvalue weighted by molar-refractivity contribution is 5.84. The van der Waals surface area contributed by atoms with E-state index in [1.807, 2.05) is 0 Å². The molecule has 1 unspecified atom stereocenters. The number of carbonyl (C=O) groups excluding carboxylic acids is 1. The molecule has 6 nitrogen and oxygen atoms in total. The van der Waals surface area contributed by atoms with Gasteiger partial charge in [-0.3, -0.25) is 14.2 Å². The second-order valence-electron chi connectivity index (χ2n) is 7.44. The molecule has 0 N–H and O–H groups in total. The van der Waals surface area contributed by atoms with Crippen molar-refractivity contribution >= 4 is 16.7 Å². The minimum absolute atomic E-state index is 0.0119. The molecule has 0 bridgehead atoms. The van der Waals surface area contributed by atoms with Gasteiger partial charge >= 0.3 is 0 Å². The first-order valence-corrected chi connectivity index (χ1v) is 9.69. The van der Waals surface area contributed by atoms with Crippen molar-refractivity contribution in [1.82, 2.24) is 14.5 Å². The number of Topliss-reactive ketones (excluding diaryl/α,β-unsaturated/α-hetero) is 1. The molecule has 2 aromatic heterocycles. The summed E-state index contributed by atoms with van der Waals surface area (Å²) in [5.74, 6) is 0.0561. The van der Waals surface area contributed by atoms with Gasteiger partial charge in [-0.15, -0.1) is 0 Å². The van der Waals surface area contributed by atoms with Crippen molar-refractivity contribution in [1.29, 1.82) is 0 Å². The fourth-order valence-electron chi connectivity index (χ4n) is 4.08. The molecule has 1 fully saturated rings. The molecule has 0 spiro atoms. The van der Waals surface area contributed by atoms with Crippen LogP contribution >= 0.6 is 0 Å². The second-order valence-corrected chi connectivity index (χ2v) is 7.44. The fraction of sp³-hybridized carbons (Fsp3) is 0.429. The van der Waals surface area contributed by atoms with Crippen LogP contribution in [0.3, 0.4) is 0 Å². The monoisotopic (exact) mass is 383 g/mol. The second kappa shape index (κ2) is 8.04. The Bertz CT molecular complexity index is 1020. The van der Waals surface area contributed by atoms with E-state index in [1.165, 1.54) is 48.0 Å². The number of nitrogens with zero attached hydrogens (tertiary/aromatic N) is 3. The van der Waals surface area contributed by atoms with E-state index in [0.29, 0.717) is 23.7 Å². The number of halogens is 1.